The molecule has 18 heavy (non-hydrogen) atoms. The Labute approximate surface area is 108 Å². The molecule has 0 saturated carbocycles. The van der Waals surface area contributed by atoms with Crippen LogP contribution < -0.4 is 11.1 Å². The van der Waals surface area contributed by atoms with Gasteiger partial charge in [0.1, 0.15) is 0 Å². The highest BCUT2D eigenvalue weighted by atomic mass is 16.5. The van der Waals surface area contributed by atoms with Gasteiger partial charge in [0.25, 0.3) is 0 Å². The summed E-state index contributed by atoms with van der Waals surface area (Å²) >= 11 is 0. The molecule has 1 aliphatic heterocycles. The van der Waals surface area contributed by atoms with Crippen LogP contribution in [0.15, 0.2) is 30.3 Å². The van der Waals surface area contributed by atoms with E-state index < -0.39 is 6.04 Å². The van der Waals surface area contributed by atoms with Crippen molar-refractivity contribution in [3.63, 3.8) is 0 Å². The molecule has 1 amide bonds. The predicted octanol–water partition coefficient (Wildman–Crippen LogP) is 0.709. The van der Waals surface area contributed by atoms with Crippen LogP contribution in [0.2, 0.25) is 0 Å². The van der Waals surface area contributed by atoms with Gasteiger partial charge < -0.3 is 15.8 Å². The first kappa shape index (κ1) is 13.1. The monoisotopic (exact) mass is 248 g/mol. The molecule has 0 spiro atoms. The van der Waals surface area contributed by atoms with Crippen LogP contribution in [0.3, 0.4) is 0 Å². The summed E-state index contributed by atoms with van der Waals surface area (Å²) in [6, 6.07) is 9.35. The van der Waals surface area contributed by atoms with Crippen LogP contribution in [-0.2, 0) is 16.0 Å². The lowest BCUT2D eigenvalue weighted by atomic mass is 10.1. The molecular weight excluding hydrogens is 228 g/mol. The van der Waals surface area contributed by atoms with Gasteiger partial charge in [0.15, 0.2) is 0 Å². The van der Waals surface area contributed by atoms with Gasteiger partial charge in [-0.3, -0.25) is 4.79 Å². The fourth-order valence-corrected chi connectivity index (χ4v) is 2.08. The number of nitrogens with two attached hydrogens (primary N) is 1. The second kappa shape index (κ2) is 6.52. The Morgan fingerprint density at radius 2 is 2.22 bits per heavy atom. The predicted molar refractivity (Wildman–Crippen MR) is 70.1 cm³/mol. The average molecular weight is 248 g/mol. The van der Waals surface area contributed by atoms with E-state index in [1.165, 1.54) is 0 Å². The Kier molecular flexibility index (Phi) is 4.73. The zero-order chi connectivity index (χ0) is 12.8. The third-order valence-corrected chi connectivity index (χ3v) is 3.22. The quantitative estimate of drug-likeness (QED) is 0.806. The summed E-state index contributed by atoms with van der Waals surface area (Å²) in [5.41, 5.74) is 6.98. The largest absolute Gasteiger partial charge is 0.381 e. The molecule has 0 aromatic heterocycles. The number of hydrogen-bond donors (Lipinski definition) is 2. The minimum Gasteiger partial charge on any atom is -0.381 e. The Hall–Kier alpha value is -1.39. The molecule has 1 unspecified atom stereocenters. The van der Waals surface area contributed by atoms with Gasteiger partial charge in [0.05, 0.1) is 12.6 Å². The van der Waals surface area contributed by atoms with Gasteiger partial charge in [-0.2, -0.15) is 0 Å². The topological polar surface area (TPSA) is 64.4 Å². The Morgan fingerprint density at radius 3 is 2.89 bits per heavy atom. The maximum Gasteiger partial charge on any atom is 0.237 e. The van der Waals surface area contributed by atoms with Crippen molar-refractivity contribution in [2.75, 3.05) is 19.8 Å². The van der Waals surface area contributed by atoms with E-state index in [1.807, 2.05) is 30.3 Å². The molecule has 1 aliphatic rings. The summed E-state index contributed by atoms with van der Waals surface area (Å²) in [7, 11) is 0. The molecule has 4 nitrogen and oxygen atoms in total. The summed E-state index contributed by atoms with van der Waals surface area (Å²) < 4.78 is 5.26. The van der Waals surface area contributed by atoms with Crippen molar-refractivity contribution in [1.82, 2.24) is 5.32 Å². The highest BCUT2D eigenvalue weighted by Gasteiger charge is 2.19. The first-order chi connectivity index (χ1) is 8.75. The molecule has 2 atom stereocenters. The maximum absolute atomic E-state index is 11.8. The second-order valence-electron chi connectivity index (χ2n) is 4.77. The molecule has 1 fully saturated rings. The normalized spacial score (nSPS) is 20.6. The molecule has 1 aromatic carbocycles. The van der Waals surface area contributed by atoms with Crippen LogP contribution >= 0.6 is 0 Å². The van der Waals surface area contributed by atoms with Crippen molar-refractivity contribution in [1.29, 1.82) is 0 Å². The molecule has 4 heteroatoms. The molecule has 2 rings (SSSR count). The van der Waals surface area contributed by atoms with Crippen molar-refractivity contribution < 1.29 is 9.53 Å². The molecule has 0 radical (unpaired) electrons. The molecule has 0 bridgehead atoms. The smallest absolute Gasteiger partial charge is 0.237 e. The van der Waals surface area contributed by atoms with Gasteiger partial charge in [0, 0.05) is 19.1 Å². The molecule has 98 valence electrons. The van der Waals surface area contributed by atoms with Gasteiger partial charge in [-0.25, -0.2) is 0 Å². The Morgan fingerprint density at radius 1 is 1.44 bits per heavy atom. The minimum atomic E-state index is -0.477. The molecular formula is C14H20N2O2. The first-order valence-electron chi connectivity index (χ1n) is 6.40. The van der Waals surface area contributed by atoms with E-state index in [0.29, 0.717) is 18.9 Å². The Balaban J connectivity index is 1.74. The molecule has 1 saturated heterocycles. The van der Waals surface area contributed by atoms with Crippen LogP contribution in [0.1, 0.15) is 12.0 Å². The number of rotatable bonds is 5. The number of nitrogens with one attached hydrogen (secondary N) is 1. The number of ether oxygens (including phenoxy) is 1. The lowest BCUT2D eigenvalue weighted by molar-refractivity contribution is -0.122. The van der Waals surface area contributed by atoms with Gasteiger partial charge in [0.2, 0.25) is 5.91 Å². The van der Waals surface area contributed by atoms with Gasteiger partial charge >= 0.3 is 0 Å². The van der Waals surface area contributed by atoms with Gasteiger partial charge in [-0.1, -0.05) is 30.3 Å². The summed E-state index contributed by atoms with van der Waals surface area (Å²) in [5.74, 6) is 0.364. The van der Waals surface area contributed by atoms with Crippen LogP contribution in [0.4, 0.5) is 0 Å². The third kappa shape index (κ3) is 3.82. The van der Waals surface area contributed by atoms with E-state index in [9.17, 15) is 4.79 Å². The summed E-state index contributed by atoms with van der Waals surface area (Å²) in [4.78, 5) is 11.8. The molecule has 0 aliphatic carbocycles. The van der Waals surface area contributed by atoms with Crippen LogP contribution in [0, 0.1) is 5.92 Å². The Bertz CT molecular complexity index is 375. The van der Waals surface area contributed by atoms with Crippen molar-refractivity contribution in [2.45, 2.75) is 18.9 Å². The summed E-state index contributed by atoms with van der Waals surface area (Å²) in [5, 5.41) is 2.90. The third-order valence-electron chi connectivity index (χ3n) is 3.22. The van der Waals surface area contributed by atoms with Crippen molar-refractivity contribution in [3.8, 4) is 0 Å². The van der Waals surface area contributed by atoms with E-state index in [1.54, 1.807) is 0 Å². The number of amides is 1. The van der Waals surface area contributed by atoms with Crippen molar-refractivity contribution >= 4 is 5.91 Å². The van der Waals surface area contributed by atoms with Gasteiger partial charge in [-0.05, 0) is 18.4 Å². The number of carbonyl (C=O) groups is 1. The summed E-state index contributed by atoms with van der Waals surface area (Å²) in [6.07, 6.45) is 1.60. The fourth-order valence-electron chi connectivity index (χ4n) is 2.08. The standard InChI is InChI=1S/C14H20N2O2/c15-13(8-11-4-2-1-3-5-11)14(17)16-9-12-6-7-18-10-12/h1-5,12-13H,6-10,15H2,(H,16,17)/t12?,13-/m1/s1. The van der Waals surface area contributed by atoms with Crippen LogP contribution in [0.25, 0.3) is 0 Å². The number of benzene rings is 1. The summed E-state index contributed by atoms with van der Waals surface area (Å²) in [6.45, 7) is 2.21. The van der Waals surface area contributed by atoms with Crippen LogP contribution in [-0.4, -0.2) is 31.7 Å². The lowest BCUT2D eigenvalue weighted by Gasteiger charge is -2.14. The SMILES string of the molecule is N[C@H](Cc1ccccc1)C(=O)NCC1CCOC1. The van der Waals surface area contributed by atoms with Crippen molar-refractivity contribution in [2.24, 2.45) is 11.7 Å². The minimum absolute atomic E-state index is 0.0780. The van der Waals surface area contributed by atoms with E-state index in [2.05, 4.69) is 5.32 Å². The average Bonchev–Trinajstić information content (AvgIpc) is 2.90. The van der Waals surface area contributed by atoms with Gasteiger partial charge in [-0.15, -0.1) is 0 Å². The molecule has 1 aromatic rings. The first-order valence-corrected chi connectivity index (χ1v) is 6.40. The van der Waals surface area contributed by atoms with E-state index in [0.717, 1.165) is 25.2 Å². The van der Waals surface area contributed by atoms with E-state index >= 15 is 0 Å². The lowest BCUT2D eigenvalue weighted by Crippen LogP contribution is -2.43. The van der Waals surface area contributed by atoms with E-state index in [4.69, 9.17) is 10.5 Å². The second-order valence-corrected chi connectivity index (χ2v) is 4.77. The highest BCUT2D eigenvalue weighted by Crippen LogP contribution is 2.10. The van der Waals surface area contributed by atoms with E-state index in [-0.39, 0.29) is 5.91 Å². The molecule has 1 heterocycles. The highest BCUT2D eigenvalue weighted by molar-refractivity contribution is 5.81. The maximum atomic E-state index is 11.8. The van der Waals surface area contributed by atoms with Crippen molar-refractivity contribution in [3.05, 3.63) is 35.9 Å². The van der Waals surface area contributed by atoms with Crippen LogP contribution in [0.5, 0.6) is 0 Å². The zero-order valence-corrected chi connectivity index (χ0v) is 10.5. The fraction of sp³-hybridized carbons (Fsp3) is 0.500. The molecule has 3 N–H and O–H groups in total. The number of carbonyl (C=O) groups excluding carboxylic acids is 1. The number of hydrogen-bond acceptors (Lipinski definition) is 3. The zero-order valence-electron chi connectivity index (χ0n) is 10.5.